The molecular formula is C15H30NO3+. The average molecular weight is 272 g/mol. The van der Waals surface area contributed by atoms with Crippen LogP contribution in [0, 0.1) is 0 Å². The second kappa shape index (κ2) is 9.10. The zero-order chi connectivity index (χ0) is 14.9. The molecule has 0 saturated carbocycles. The highest BCUT2D eigenvalue weighted by Gasteiger charge is 2.14. The lowest BCUT2D eigenvalue weighted by molar-refractivity contribution is -0.873. The number of likely N-dealkylation sites (N-methyl/N-ethyl adjacent to an activating group) is 1. The van der Waals surface area contributed by atoms with Gasteiger partial charge < -0.3 is 14.3 Å². The number of nitrogens with zero attached hydrogens (tertiary/aromatic N) is 1. The van der Waals surface area contributed by atoms with Gasteiger partial charge in [-0.05, 0) is 19.8 Å². The molecule has 4 heteroatoms. The molecule has 1 N–H and O–H groups in total. The first-order chi connectivity index (χ1) is 8.72. The van der Waals surface area contributed by atoms with E-state index in [0.29, 0.717) is 12.2 Å². The van der Waals surface area contributed by atoms with Crippen molar-refractivity contribution in [1.82, 2.24) is 0 Å². The van der Waals surface area contributed by atoms with E-state index in [1.54, 1.807) is 6.92 Å². The molecule has 0 bridgehead atoms. The maximum atomic E-state index is 11.1. The Kier molecular flexibility index (Phi) is 8.68. The van der Waals surface area contributed by atoms with Gasteiger partial charge in [0, 0.05) is 5.57 Å². The maximum absolute atomic E-state index is 11.1. The van der Waals surface area contributed by atoms with Gasteiger partial charge in [-0.2, -0.15) is 0 Å². The number of aliphatic hydroxyl groups excluding tert-OH is 1. The third kappa shape index (κ3) is 11.9. The van der Waals surface area contributed by atoms with Gasteiger partial charge in [-0.1, -0.05) is 25.8 Å². The quantitative estimate of drug-likeness (QED) is 0.287. The van der Waals surface area contributed by atoms with E-state index in [2.05, 4.69) is 27.7 Å². The number of hydrogen-bond acceptors (Lipinski definition) is 3. The van der Waals surface area contributed by atoms with E-state index in [1.165, 1.54) is 0 Å². The summed E-state index contributed by atoms with van der Waals surface area (Å²) in [6.07, 6.45) is 4.63. The molecule has 1 unspecified atom stereocenters. The van der Waals surface area contributed by atoms with E-state index >= 15 is 0 Å². The Hall–Kier alpha value is -0.870. The van der Waals surface area contributed by atoms with Crippen LogP contribution in [-0.4, -0.2) is 56.0 Å². The molecule has 4 nitrogen and oxygen atoms in total. The van der Waals surface area contributed by atoms with Crippen LogP contribution in [-0.2, 0) is 9.53 Å². The summed E-state index contributed by atoms with van der Waals surface area (Å²) in [6.45, 7) is 6.43. The summed E-state index contributed by atoms with van der Waals surface area (Å²) in [5.74, 6) is -0.307. The van der Waals surface area contributed by atoms with Crippen molar-refractivity contribution in [1.29, 1.82) is 0 Å². The Bertz CT molecular complexity index is 282. The molecule has 19 heavy (non-hydrogen) atoms. The molecule has 0 aromatic carbocycles. The lowest BCUT2D eigenvalue weighted by Gasteiger charge is -2.26. The number of ether oxygens (including phenoxy) is 1. The highest BCUT2D eigenvalue weighted by Crippen LogP contribution is 2.08. The van der Waals surface area contributed by atoms with Crippen LogP contribution in [0.2, 0.25) is 0 Å². The smallest absolute Gasteiger partial charge is 0.333 e. The topological polar surface area (TPSA) is 46.5 Å². The summed E-state index contributed by atoms with van der Waals surface area (Å²) in [7, 11) is 6.25. The third-order valence-electron chi connectivity index (χ3n) is 2.77. The predicted molar refractivity (Wildman–Crippen MR) is 77.8 cm³/mol. The molecule has 0 spiro atoms. The number of rotatable bonds is 10. The van der Waals surface area contributed by atoms with Crippen molar-refractivity contribution in [3.63, 3.8) is 0 Å². The summed E-state index contributed by atoms with van der Waals surface area (Å²) in [5.41, 5.74) is 0.448. The molecule has 0 saturated heterocycles. The molecule has 0 heterocycles. The molecule has 0 aliphatic carbocycles. The Morgan fingerprint density at radius 1 is 1.21 bits per heavy atom. The first kappa shape index (κ1) is 18.1. The van der Waals surface area contributed by atoms with Crippen molar-refractivity contribution >= 4 is 5.97 Å². The van der Waals surface area contributed by atoms with Crippen molar-refractivity contribution in [2.75, 3.05) is 34.3 Å². The van der Waals surface area contributed by atoms with E-state index in [-0.39, 0.29) is 12.1 Å². The fourth-order valence-corrected chi connectivity index (χ4v) is 1.85. The summed E-state index contributed by atoms with van der Waals surface area (Å²) < 4.78 is 5.80. The van der Waals surface area contributed by atoms with Gasteiger partial charge in [-0.15, -0.1) is 0 Å². The van der Waals surface area contributed by atoms with Crippen molar-refractivity contribution in [2.45, 2.75) is 45.1 Å². The van der Waals surface area contributed by atoms with Gasteiger partial charge in [0.25, 0.3) is 0 Å². The van der Waals surface area contributed by atoms with Crippen molar-refractivity contribution < 1.29 is 19.1 Å². The van der Waals surface area contributed by atoms with Crippen LogP contribution in [0.3, 0.4) is 0 Å². The van der Waals surface area contributed by atoms with Crippen LogP contribution in [0.15, 0.2) is 12.2 Å². The molecule has 0 aromatic rings. The van der Waals surface area contributed by atoms with Crippen LogP contribution in [0.25, 0.3) is 0 Å². The minimum atomic E-state index is -0.307. The Labute approximate surface area is 117 Å². The highest BCUT2D eigenvalue weighted by molar-refractivity contribution is 5.86. The van der Waals surface area contributed by atoms with Gasteiger partial charge in [0.2, 0.25) is 0 Å². The molecule has 1 atom stereocenters. The van der Waals surface area contributed by atoms with E-state index in [1.807, 2.05) is 0 Å². The standard InChI is InChI=1S/C15H30NO3/c1-13(2)15(18)19-11-9-7-6-8-10-14(17)12-16(3,4)5/h14,17H,1,6-12H2,2-5H3/q+1. The van der Waals surface area contributed by atoms with Crippen molar-refractivity contribution in [3.05, 3.63) is 12.2 Å². The molecule has 0 fully saturated rings. The largest absolute Gasteiger partial charge is 0.462 e. The first-order valence-corrected chi connectivity index (χ1v) is 7.03. The van der Waals surface area contributed by atoms with E-state index in [0.717, 1.165) is 43.1 Å². The number of carbonyl (C=O) groups is 1. The van der Waals surface area contributed by atoms with Gasteiger partial charge >= 0.3 is 5.97 Å². The normalized spacial score (nSPS) is 13.1. The van der Waals surface area contributed by atoms with Gasteiger partial charge in [0.15, 0.2) is 0 Å². The maximum Gasteiger partial charge on any atom is 0.333 e. The third-order valence-corrected chi connectivity index (χ3v) is 2.77. The van der Waals surface area contributed by atoms with Gasteiger partial charge in [0.1, 0.15) is 12.6 Å². The predicted octanol–water partition coefficient (Wildman–Crippen LogP) is 2.12. The minimum absolute atomic E-state index is 0.221. The highest BCUT2D eigenvalue weighted by atomic mass is 16.5. The number of hydrogen-bond donors (Lipinski definition) is 1. The molecule has 0 radical (unpaired) electrons. The summed E-state index contributed by atoms with van der Waals surface area (Å²) in [5, 5.41) is 9.83. The number of quaternary nitrogens is 1. The number of aliphatic hydroxyl groups is 1. The summed E-state index contributed by atoms with van der Waals surface area (Å²) >= 11 is 0. The number of carbonyl (C=O) groups excluding carboxylic acids is 1. The van der Waals surface area contributed by atoms with Gasteiger partial charge in [-0.3, -0.25) is 0 Å². The number of unbranched alkanes of at least 4 members (excludes halogenated alkanes) is 3. The molecule has 0 aromatic heterocycles. The Morgan fingerprint density at radius 2 is 1.79 bits per heavy atom. The molecule has 112 valence electrons. The van der Waals surface area contributed by atoms with Gasteiger partial charge in [-0.25, -0.2) is 4.79 Å². The second-order valence-corrected chi connectivity index (χ2v) is 6.25. The second-order valence-electron chi connectivity index (χ2n) is 6.25. The first-order valence-electron chi connectivity index (χ1n) is 7.03. The van der Waals surface area contributed by atoms with Crippen LogP contribution >= 0.6 is 0 Å². The SMILES string of the molecule is C=C(C)C(=O)OCCCCCCC(O)C[N+](C)(C)C. The Morgan fingerprint density at radius 3 is 2.32 bits per heavy atom. The van der Waals surface area contributed by atoms with Gasteiger partial charge in [0.05, 0.1) is 27.7 Å². The molecule has 0 aliphatic heterocycles. The molecule has 0 rings (SSSR count). The Balaban J connectivity index is 3.41. The summed E-state index contributed by atoms with van der Waals surface area (Å²) in [6, 6.07) is 0. The average Bonchev–Trinajstić information content (AvgIpc) is 2.24. The van der Waals surface area contributed by atoms with Crippen LogP contribution in [0.1, 0.15) is 39.0 Å². The lowest BCUT2D eigenvalue weighted by Crippen LogP contribution is -2.41. The number of esters is 1. The zero-order valence-corrected chi connectivity index (χ0v) is 12.9. The lowest BCUT2D eigenvalue weighted by atomic mass is 10.1. The van der Waals surface area contributed by atoms with E-state index in [4.69, 9.17) is 4.74 Å². The van der Waals surface area contributed by atoms with Crippen LogP contribution in [0.5, 0.6) is 0 Å². The minimum Gasteiger partial charge on any atom is -0.462 e. The zero-order valence-electron chi connectivity index (χ0n) is 12.9. The molecular weight excluding hydrogens is 242 g/mol. The molecule has 0 aliphatic rings. The fraction of sp³-hybridized carbons (Fsp3) is 0.800. The van der Waals surface area contributed by atoms with Crippen molar-refractivity contribution in [2.24, 2.45) is 0 Å². The molecule has 0 amide bonds. The van der Waals surface area contributed by atoms with E-state index < -0.39 is 0 Å². The van der Waals surface area contributed by atoms with Crippen LogP contribution in [0.4, 0.5) is 0 Å². The fourth-order valence-electron chi connectivity index (χ4n) is 1.85. The monoisotopic (exact) mass is 272 g/mol. The summed E-state index contributed by atoms with van der Waals surface area (Å²) in [4.78, 5) is 11.1. The van der Waals surface area contributed by atoms with Crippen molar-refractivity contribution in [3.8, 4) is 0 Å². The van der Waals surface area contributed by atoms with E-state index in [9.17, 15) is 9.90 Å². The van der Waals surface area contributed by atoms with Crippen LogP contribution < -0.4 is 0 Å².